The van der Waals surface area contributed by atoms with Crippen LogP contribution in [0.4, 0.5) is 16.6 Å². The van der Waals surface area contributed by atoms with Gasteiger partial charge < -0.3 is 29.9 Å². The maximum atomic E-state index is 12.9. The van der Waals surface area contributed by atoms with E-state index in [2.05, 4.69) is 14.9 Å². The Morgan fingerprint density at radius 3 is 2.65 bits per heavy atom. The average Bonchev–Trinajstić information content (AvgIpc) is 3.15. The molecule has 178 valence electrons. The zero-order chi connectivity index (χ0) is 23.5. The van der Waals surface area contributed by atoms with Gasteiger partial charge in [0.15, 0.2) is 0 Å². The number of amides is 2. The minimum atomic E-state index is 0.0803. The summed E-state index contributed by atoms with van der Waals surface area (Å²) in [4.78, 5) is 32.4. The van der Waals surface area contributed by atoms with Crippen LogP contribution >= 0.6 is 0 Å². The number of benzene rings is 1. The molecular formula is C24H29N7O3. The Hall–Kier alpha value is -3.66. The number of anilines is 2. The number of morpholine rings is 1. The number of aromatic nitrogens is 3. The molecule has 3 aromatic rings. The predicted octanol–water partition coefficient (Wildman–Crippen LogP) is 2.25. The number of pyridine rings is 1. The molecule has 10 nitrogen and oxygen atoms in total. The molecule has 0 spiro atoms. The molecule has 2 saturated heterocycles. The Kier molecular flexibility index (Phi) is 6.31. The van der Waals surface area contributed by atoms with E-state index in [0.717, 1.165) is 35.0 Å². The van der Waals surface area contributed by atoms with Crippen LogP contribution in [-0.4, -0.2) is 90.4 Å². The number of carbonyl (C=O) groups is 1. The van der Waals surface area contributed by atoms with E-state index < -0.39 is 0 Å². The van der Waals surface area contributed by atoms with Crippen LogP contribution in [0, 0.1) is 0 Å². The average molecular weight is 464 g/mol. The number of nitrogen functional groups attached to an aromatic ring is 1. The van der Waals surface area contributed by atoms with Gasteiger partial charge in [-0.2, -0.15) is 4.98 Å². The molecule has 2 aromatic heterocycles. The molecule has 5 rings (SSSR count). The summed E-state index contributed by atoms with van der Waals surface area (Å²) < 4.78 is 11.0. The molecule has 2 N–H and O–H groups in total. The summed E-state index contributed by atoms with van der Waals surface area (Å²) in [6.45, 7) is 5.20. The van der Waals surface area contributed by atoms with Gasteiger partial charge in [0.1, 0.15) is 11.6 Å². The second-order valence-corrected chi connectivity index (χ2v) is 8.43. The number of nitrogens with zero attached hydrogens (tertiary/aromatic N) is 6. The van der Waals surface area contributed by atoms with E-state index >= 15 is 0 Å². The molecule has 2 fully saturated rings. The monoisotopic (exact) mass is 463 g/mol. The highest BCUT2D eigenvalue weighted by atomic mass is 16.5. The number of hydrogen-bond donors (Lipinski definition) is 1. The molecule has 0 aliphatic carbocycles. The lowest BCUT2D eigenvalue weighted by Gasteiger charge is -2.32. The second-order valence-electron chi connectivity index (χ2n) is 8.43. The highest BCUT2D eigenvalue weighted by Crippen LogP contribution is 2.35. The Morgan fingerprint density at radius 1 is 1.06 bits per heavy atom. The largest absolute Gasteiger partial charge is 0.496 e. The fourth-order valence-corrected chi connectivity index (χ4v) is 4.49. The molecule has 0 atom stereocenters. The third-order valence-corrected chi connectivity index (χ3v) is 6.34. The number of urea groups is 1. The molecule has 10 heteroatoms. The number of ether oxygens (including phenoxy) is 2. The van der Waals surface area contributed by atoms with Gasteiger partial charge in [-0.05, 0) is 18.6 Å². The first-order valence-electron chi connectivity index (χ1n) is 11.6. The molecule has 2 aliphatic rings. The molecule has 2 amide bonds. The normalized spacial score (nSPS) is 17.0. The lowest BCUT2D eigenvalue weighted by molar-refractivity contribution is 0.0438. The van der Waals surface area contributed by atoms with Crippen LogP contribution in [-0.2, 0) is 4.74 Å². The van der Waals surface area contributed by atoms with Crippen molar-refractivity contribution in [2.45, 2.75) is 6.42 Å². The number of hydrogen-bond acceptors (Lipinski definition) is 8. The summed E-state index contributed by atoms with van der Waals surface area (Å²) in [6.07, 6.45) is 4.36. The summed E-state index contributed by atoms with van der Waals surface area (Å²) in [7, 11) is 1.64. The fraction of sp³-hybridized carbons (Fsp3) is 0.417. The molecule has 0 unspecified atom stereocenters. The molecule has 2 aliphatic heterocycles. The van der Waals surface area contributed by atoms with Crippen molar-refractivity contribution < 1.29 is 14.3 Å². The quantitative estimate of drug-likeness (QED) is 0.630. The summed E-state index contributed by atoms with van der Waals surface area (Å²) in [5, 5.41) is 0.766. The zero-order valence-electron chi connectivity index (χ0n) is 19.3. The Labute approximate surface area is 198 Å². The molecule has 0 radical (unpaired) electrons. The topological polar surface area (TPSA) is 110 Å². The number of rotatable bonds is 3. The maximum absolute atomic E-state index is 12.9. The van der Waals surface area contributed by atoms with Gasteiger partial charge in [0.25, 0.3) is 0 Å². The van der Waals surface area contributed by atoms with Crippen molar-refractivity contribution in [3.8, 4) is 16.9 Å². The predicted molar refractivity (Wildman–Crippen MR) is 130 cm³/mol. The van der Waals surface area contributed by atoms with E-state index in [9.17, 15) is 4.79 Å². The van der Waals surface area contributed by atoms with Gasteiger partial charge in [-0.3, -0.25) is 4.98 Å². The van der Waals surface area contributed by atoms with E-state index in [-0.39, 0.29) is 6.03 Å². The molecule has 34 heavy (non-hydrogen) atoms. The molecule has 0 saturated carbocycles. The smallest absolute Gasteiger partial charge is 0.320 e. The lowest BCUT2D eigenvalue weighted by atomic mass is 10.0. The van der Waals surface area contributed by atoms with Gasteiger partial charge in [0.05, 0.1) is 25.8 Å². The maximum Gasteiger partial charge on any atom is 0.320 e. The van der Waals surface area contributed by atoms with E-state index in [4.69, 9.17) is 20.2 Å². The van der Waals surface area contributed by atoms with Crippen LogP contribution < -0.4 is 15.4 Å². The number of methoxy groups -OCH3 is 1. The molecule has 1 aromatic carbocycles. The molecule has 4 heterocycles. The first kappa shape index (κ1) is 22.1. The first-order valence-corrected chi connectivity index (χ1v) is 11.6. The van der Waals surface area contributed by atoms with Crippen LogP contribution in [0.15, 0.2) is 36.7 Å². The second kappa shape index (κ2) is 9.68. The van der Waals surface area contributed by atoms with E-state index in [1.54, 1.807) is 19.5 Å². The van der Waals surface area contributed by atoms with Crippen LogP contribution in [0.2, 0.25) is 0 Å². The number of fused-ring (bicyclic) bond motifs is 1. The minimum Gasteiger partial charge on any atom is -0.496 e. The van der Waals surface area contributed by atoms with Crippen LogP contribution in [0.5, 0.6) is 5.75 Å². The van der Waals surface area contributed by atoms with Crippen molar-refractivity contribution in [1.82, 2.24) is 24.8 Å². The summed E-state index contributed by atoms with van der Waals surface area (Å²) in [5.41, 5.74) is 8.94. The van der Waals surface area contributed by atoms with Crippen LogP contribution in [0.3, 0.4) is 0 Å². The van der Waals surface area contributed by atoms with Gasteiger partial charge in [0.2, 0.25) is 5.95 Å². The Balaban J connectivity index is 1.39. The van der Waals surface area contributed by atoms with Crippen LogP contribution in [0.1, 0.15) is 6.42 Å². The number of nitrogens with two attached hydrogens (primary N) is 1. The number of carbonyl (C=O) groups excluding carboxylic acids is 1. The van der Waals surface area contributed by atoms with Gasteiger partial charge in [-0.1, -0.05) is 6.07 Å². The van der Waals surface area contributed by atoms with Gasteiger partial charge in [-0.15, -0.1) is 0 Å². The van der Waals surface area contributed by atoms with Crippen molar-refractivity contribution in [2.75, 3.05) is 70.2 Å². The highest BCUT2D eigenvalue weighted by molar-refractivity contribution is 5.95. The summed E-state index contributed by atoms with van der Waals surface area (Å²) in [5.74, 6) is 1.68. The van der Waals surface area contributed by atoms with Crippen LogP contribution in [0.25, 0.3) is 22.0 Å². The van der Waals surface area contributed by atoms with Crippen molar-refractivity contribution >= 4 is 28.7 Å². The third-order valence-electron chi connectivity index (χ3n) is 6.34. The van der Waals surface area contributed by atoms with Gasteiger partial charge >= 0.3 is 6.03 Å². The Morgan fingerprint density at radius 2 is 1.88 bits per heavy atom. The summed E-state index contributed by atoms with van der Waals surface area (Å²) in [6, 6.07) is 7.79. The van der Waals surface area contributed by atoms with Crippen molar-refractivity contribution in [1.29, 1.82) is 0 Å². The van der Waals surface area contributed by atoms with E-state index in [1.807, 2.05) is 34.1 Å². The van der Waals surface area contributed by atoms with E-state index in [0.29, 0.717) is 63.5 Å². The third kappa shape index (κ3) is 4.41. The van der Waals surface area contributed by atoms with Crippen molar-refractivity contribution in [3.05, 3.63) is 36.7 Å². The minimum absolute atomic E-state index is 0.0803. The molecular weight excluding hydrogens is 434 g/mol. The first-order chi connectivity index (χ1) is 16.6. The lowest BCUT2D eigenvalue weighted by Crippen LogP contribution is -2.49. The van der Waals surface area contributed by atoms with Gasteiger partial charge in [0, 0.05) is 74.2 Å². The van der Waals surface area contributed by atoms with Crippen molar-refractivity contribution in [3.63, 3.8) is 0 Å². The zero-order valence-corrected chi connectivity index (χ0v) is 19.3. The van der Waals surface area contributed by atoms with Gasteiger partial charge in [-0.25, -0.2) is 9.78 Å². The Bertz CT molecular complexity index is 1170. The fourth-order valence-electron chi connectivity index (χ4n) is 4.49. The SMILES string of the molecule is COc1cc2nc(N3CCCN(C(=O)N4CCOCC4)CC3)nc(N)c2cc1-c1cccnc1. The van der Waals surface area contributed by atoms with Crippen molar-refractivity contribution in [2.24, 2.45) is 0 Å². The van der Waals surface area contributed by atoms with E-state index in [1.165, 1.54) is 0 Å². The standard InChI is InChI=1S/C24H29N7O3/c1-33-21-15-20-19(14-18(21)17-4-2-5-26-16-17)22(25)28-23(27-20)29-6-3-7-30(9-8-29)24(32)31-10-12-34-13-11-31/h2,4-5,14-16H,3,6-13H2,1H3,(H2,25,27,28). The highest BCUT2D eigenvalue weighted by Gasteiger charge is 2.26. The summed E-state index contributed by atoms with van der Waals surface area (Å²) >= 11 is 0. The molecule has 0 bridgehead atoms.